The third-order valence-corrected chi connectivity index (χ3v) is 5.61. The third kappa shape index (κ3) is 2.48. The summed E-state index contributed by atoms with van der Waals surface area (Å²) >= 11 is 7.85. The van der Waals surface area contributed by atoms with Crippen LogP contribution in [-0.2, 0) is 0 Å². The molecule has 1 unspecified atom stereocenters. The lowest BCUT2D eigenvalue weighted by Crippen LogP contribution is -2.27. The number of carbonyl (C=O) groups excluding carboxylic acids is 1. The van der Waals surface area contributed by atoms with Crippen molar-refractivity contribution >= 4 is 33.7 Å². The number of hydrogen-bond acceptors (Lipinski definition) is 4. The van der Waals surface area contributed by atoms with E-state index in [1.165, 1.54) is 11.3 Å². The molecule has 120 valence electrons. The number of nitrogens with one attached hydrogen (secondary N) is 1. The Balaban J connectivity index is 1.81. The third-order valence-electron chi connectivity index (χ3n) is 4.25. The van der Waals surface area contributed by atoms with E-state index < -0.39 is 0 Å². The molecular weight excluding hydrogens is 342 g/mol. The highest BCUT2D eigenvalue weighted by molar-refractivity contribution is 7.21. The maximum absolute atomic E-state index is 13.2. The van der Waals surface area contributed by atoms with Crippen LogP contribution >= 0.6 is 22.9 Å². The summed E-state index contributed by atoms with van der Waals surface area (Å²) in [6, 6.07) is 16.5. The number of ketones is 1. The Bertz CT molecular complexity index is 903. The zero-order valence-corrected chi connectivity index (χ0v) is 14.2. The van der Waals surface area contributed by atoms with Crippen LogP contribution in [0.15, 0.2) is 54.6 Å². The molecule has 4 rings (SSSR count). The number of hydrogen-bond donors (Lipinski definition) is 2. The van der Waals surface area contributed by atoms with Gasteiger partial charge in [-0.2, -0.15) is 0 Å². The molecule has 1 atom stereocenters. The average Bonchev–Trinajstić information content (AvgIpc) is 2.94. The topological polar surface area (TPSA) is 49.3 Å². The van der Waals surface area contributed by atoms with E-state index in [2.05, 4.69) is 5.32 Å². The normalized spacial score (nSPS) is 16.5. The van der Waals surface area contributed by atoms with Gasteiger partial charge in [0.15, 0.2) is 5.78 Å². The molecule has 0 amide bonds. The Morgan fingerprint density at radius 3 is 2.46 bits per heavy atom. The average molecular weight is 356 g/mol. The number of aromatic hydroxyl groups is 1. The molecule has 0 radical (unpaired) electrons. The van der Waals surface area contributed by atoms with Crippen molar-refractivity contribution in [3.05, 3.63) is 70.1 Å². The van der Waals surface area contributed by atoms with Gasteiger partial charge in [0, 0.05) is 12.1 Å². The van der Waals surface area contributed by atoms with Crippen LogP contribution in [0, 0.1) is 0 Å². The molecule has 1 aliphatic rings. The number of halogens is 1. The number of phenols is 1. The molecule has 0 spiro atoms. The van der Waals surface area contributed by atoms with E-state index in [1.54, 1.807) is 24.3 Å². The molecule has 1 aromatic heterocycles. The summed E-state index contributed by atoms with van der Waals surface area (Å²) in [5.41, 5.74) is 3.30. The smallest absolute Gasteiger partial charge is 0.175 e. The molecule has 0 saturated heterocycles. The van der Waals surface area contributed by atoms with Crippen molar-refractivity contribution in [2.24, 2.45) is 0 Å². The van der Waals surface area contributed by atoms with Gasteiger partial charge in [0.25, 0.3) is 0 Å². The lowest BCUT2D eigenvalue weighted by Gasteiger charge is -2.23. The lowest BCUT2D eigenvalue weighted by molar-refractivity contribution is 0.0961. The number of anilines is 1. The van der Waals surface area contributed by atoms with E-state index in [1.807, 2.05) is 30.3 Å². The van der Waals surface area contributed by atoms with Gasteiger partial charge < -0.3 is 10.4 Å². The summed E-state index contributed by atoms with van der Waals surface area (Å²) in [5, 5.41) is 13.6. The van der Waals surface area contributed by atoms with E-state index in [0.717, 1.165) is 21.7 Å². The maximum atomic E-state index is 13.2. The molecule has 0 aliphatic carbocycles. The van der Waals surface area contributed by atoms with Crippen LogP contribution in [0.3, 0.4) is 0 Å². The summed E-state index contributed by atoms with van der Waals surface area (Å²) in [4.78, 5) is 13.2. The predicted molar refractivity (Wildman–Crippen MR) is 98.4 cm³/mol. The van der Waals surface area contributed by atoms with E-state index in [0.29, 0.717) is 16.4 Å². The Morgan fingerprint density at radius 1 is 1.04 bits per heavy atom. The molecule has 2 aromatic carbocycles. The quantitative estimate of drug-likeness (QED) is 0.667. The van der Waals surface area contributed by atoms with Gasteiger partial charge in [-0.3, -0.25) is 4.79 Å². The first-order valence-electron chi connectivity index (χ1n) is 7.60. The number of rotatable bonds is 2. The predicted octanol–water partition coefficient (Wildman–Crippen LogP) is 5.17. The van der Waals surface area contributed by atoms with Crippen molar-refractivity contribution in [2.75, 3.05) is 11.9 Å². The first-order valence-corrected chi connectivity index (χ1v) is 8.79. The fourth-order valence-corrected chi connectivity index (χ4v) is 4.46. The van der Waals surface area contributed by atoms with Crippen LogP contribution < -0.4 is 5.32 Å². The van der Waals surface area contributed by atoms with Gasteiger partial charge in [-0.15, -0.1) is 11.3 Å². The van der Waals surface area contributed by atoms with Crippen LogP contribution in [0.25, 0.3) is 11.1 Å². The Kier molecular flexibility index (Phi) is 3.79. The summed E-state index contributed by atoms with van der Waals surface area (Å²) in [5.74, 6) is -0.0260. The first-order chi connectivity index (χ1) is 11.6. The SMILES string of the molecule is O=C1c2c(sc(Cl)c2-c2ccccc2)NCC1c1ccc(O)cc1. The highest BCUT2D eigenvalue weighted by Crippen LogP contribution is 2.47. The number of carbonyl (C=O) groups is 1. The van der Waals surface area contributed by atoms with Gasteiger partial charge in [0.2, 0.25) is 0 Å². The first kappa shape index (κ1) is 15.2. The zero-order chi connectivity index (χ0) is 16.7. The van der Waals surface area contributed by atoms with Crippen molar-refractivity contribution in [1.82, 2.24) is 0 Å². The lowest BCUT2D eigenvalue weighted by atomic mass is 9.86. The maximum Gasteiger partial charge on any atom is 0.175 e. The summed E-state index contributed by atoms with van der Waals surface area (Å²) in [7, 11) is 0. The van der Waals surface area contributed by atoms with Crippen LogP contribution in [0.5, 0.6) is 5.75 Å². The van der Waals surface area contributed by atoms with E-state index in [-0.39, 0.29) is 17.5 Å². The second kappa shape index (κ2) is 5.96. The van der Waals surface area contributed by atoms with Crippen molar-refractivity contribution in [1.29, 1.82) is 0 Å². The second-order valence-electron chi connectivity index (χ2n) is 5.71. The van der Waals surface area contributed by atoms with Gasteiger partial charge in [-0.1, -0.05) is 54.1 Å². The van der Waals surface area contributed by atoms with Gasteiger partial charge in [-0.25, -0.2) is 0 Å². The minimum Gasteiger partial charge on any atom is -0.508 e. The number of phenolic OH excluding ortho intramolecular Hbond substituents is 1. The van der Waals surface area contributed by atoms with E-state index in [4.69, 9.17) is 11.6 Å². The summed E-state index contributed by atoms with van der Waals surface area (Å²) in [6.45, 7) is 0.529. The van der Waals surface area contributed by atoms with Crippen molar-refractivity contribution in [2.45, 2.75) is 5.92 Å². The molecule has 2 N–H and O–H groups in total. The van der Waals surface area contributed by atoms with Gasteiger partial charge in [0.1, 0.15) is 15.1 Å². The zero-order valence-electron chi connectivity index (χ0n) is 12.6. The molecular formula is C19H14ClNO2S. The molecule has 3 nitrogen and oxygen atoms in total. The highest BCUT2D eigenvalue weighted by Gasteiger charge is 2.34. The monoisotopic (exact) mass is 355 g/mol. The molecule has 0 fully saturated rings. The summed E-state index contributed by atoms with van der Waals surface area (Å²) < 4.78 is 0.624. The molecule has 5 heteroatoms. The minimum atomic E-state index is -0.286. The molecule has 3 aromatic rings. The van der Waals surface area contributed by atoms with Gasteiger partial charge >= 0.3 is 0 Å². The van der Waals surface area contributed by atoms with Crippen LogP contribution in [0.1, 0.15) is 21.8 Å². The second-order valence-corrected chi connectivity index (χ2v) is 7.33. The molecule has 1 aliphatic heterocycles. The summed E-state index contributed by atoms with van der Waals surface area (Å²) in [6.07, 6.45) is 0. The Morgan fingerprint density at radius 2 is 1.75 bits per heavy atom. The number of Topliss-reactive ketones (excluding diaryl/α,β-unsaturated/α-hetero) is 1. The van der Waals surface area contributed by atoms with Crippen molar-refractivity contribution in [3.8, 4) is 16.9 Å². The number of benzene rings is 2. The van der Waals surface area contributed by atoms with Crippen molar-refractivity contribution < 1.29 is 9.90 Å². The minimum absolute atomic E-state index is 0.0662. The molecule has 2 heterocycles. The van der Waals surface area contributed by atoms with E-state index >= 15 is 0 Å². The fourth-order valence-electron chi connectivity index (χ4n) is 3.06. The van der Waals surface area contributed by atoms with Crippen molar-refractivity contribution in [3.63, 3.8) is 0 Å². The van der Waals surface area contributed by atoms with Crippen LogP contribution in [0.2, 0.25) is 4.34 Å². The number of thiophene rings is 1. The Hall–Kier alpha value is -2.30. The van der Waals surface area contributed by atoms with Gasteiger partial charge in [-0.05, 0) is 23.3 Å². The van der Waals surface area contributed by atoms with E-state index in [9.17, 15) is 9.90 Å². The van der Waals surface area contributed by atoms with Gasteiger partial charge in [0.05, 0.1) is 11.5 Å². The Labute approximate surface area is 148 Å². The van der Waals surface area contributed by atoms with Crippen LogP contribution in [-0.4, -0.2) is 17.4 Å². The molecule has 24 heavy (non-hydrogen) atoms. The molecule has 0 saturated carbocycles. The number of fused-ring (bicyclic) bond motifs is 1. The molecule has 0 bridgehead atoms. The highest BCUT2D eigenvalue weighted by atomic mass is 35.5. The standard InChI is InChI=1S/C19H14ClNO2S/c20-18-15(12-4-2-1-3-5-12)16-17(23)14(10-21-19(16)24-18)11-6-8-13(22)9-7-11/h1-9,14,21-22H,10H2. The van der Waals surface area contributed by atoms with Crippen LogP contribution in [0.4, 0.5) is 5.00 Å². The largest absolute Gasteiger partial charge is 0.508 e. The fraction of sp³-hybridized carbons (Fsp3) is 0.105.